The fourth-order valence-electron chi connectivity index (χ4n) is 2.66. The maximum Gasteiger partial charge on any atom is 0.0561 e. The van der Waals surface area contributed by atoms with Crippen LogP contribution < -0.4 is 5.32 Å². The van der Waals surface area contributed by atoms with Crippen LogP contribution in [-0.4, -0.2) is 37.7 Å². The van der Waals surface area contributed by atoms with Crippen molar-refractivity contribution in [3.8, 4) is 0 Å². The number of ether oxygens (including phenoxy) is 1. The van der Waals surface area contributed by atoms with Crippen molar-refractivity contribution in [3.63, 3.8) is 0 Å². The van der Waals surface area contributed by atoms with Gasteiger partial charge in [0.25, 0.3) is 0 Å². The Morgan fingerprint density at radius 3 is 2.68 bits per heavy atom. The second-order valence-electron chi connectivity index (χ2n) is 5.79. The summed E-state index contributed by atoms with van der Waals surface area (Å²) in [6, 6.07) is 9.30. The predicted octanol–water partition coefficient (Wildman–Crippen LogP) is 2.41. The Kier molecular flexibility index (Phi) is 5.37. The quantitative estimate of drug-likeness (QED) is 0.882. The first kappa shape index (κ1) is 14.5. The first-order chi connectivity index (χ1) is 9.15. The van der Waals surface area contributed by atoms with Gasteiger partial charge in [-0.2, -0.15) is 0 Å². The van der Waals surface area contributed by atoms with Crippen molar-refractivity contribution < 1.29 is 4.74 Å². The van der Waals surface area contributed by atoms with Gasteiger partial charge in [-0.3, -0.25) is 0 Å². The molecule has 3 heteroatoms. The van der Waals surface area contributed by atoms with Gasteiger partial charge in [0, 0.05) is 25.7 Å². The van der Waals surface area contributed by atoms with Crippen LogP contribution in [0.5, 0.6) is 0 Å². The Morgan fingerprint density at radius 1 is 1.26 bits per heavy atom. The number of benzene rings is 1. The zero-order chi connectivity index (χ0) is 13.7. The lowest BCUT2D eigenvalue weighted by molar-refractivity contribution is 0.0130. The molecule has 2 atom stereocenters. The van der Waals surface area contributed by atoms with Crippen molar-refractivity contribution in [2.24, 2.45) is 0 Å². The fraction of sp³-hybridized carbons (Fsp3) is 0.625. The number of nitrogens with zero attached hydrogens (tertiary/aromatic N) is 1. The van der Waals surface area contributed by atoms with E-state index in [2.05, 4.69) is 55.5 Å². The topological polar surface area (TPSA) is 24.5 Å². The molecule has 0 spiro atoms. The van der Waals surface area contributed by atoms with Crippen molar-refractivity contribution >= 4 is 0 Å². The van der Waals surface area contributed by atoms with E-state index in [0.29, 0.717) is 12.1 Å². The molecule has 2 rings (SSSR count). The van der Waals surface area contributed by atoms with Gasteiger partial charge in [-0.15, -0.1) is 0 Å². The van der Waals surface area contributed by atoms with Gasteiger partial charge in [-0.1, -0.05) is 24.3 Å². The number of nitrogens with one attached hydrogen (secondary N) is 1. The van der Waals surface area contributed by atoms with E-state index < -0.39 is 0 Å². The third kappa shape index (κ3) is 4.60. The first-order valence-electron chi connectivity index (χ1n) is 7.21. The van der Waals surface area contributed by atoms with E-state index in [4.69, 9.17) is 4.74 Å². The Bertz CT molecular complexity index is 392. The lowest BCUT2D eigenvalue weighted by Crippen LogP contribution is -2.37. The molecule has 1 aromatic rings. The maximum absolute atomic E-state index is 5.59. The second kappa shape index (κ2) is 7.04. The molecule has 0 radical (unpaired) electrons. The zero-order valence-electron chi connectivity index (χ0n) is 12.4. The van der Waals surface area contributed by atoms with Crippen LogP contribution >= 0.6 is 0 Å². The average molecular weight is 262 g/mol. The summed E-state index contributed by atoms with van der Waals surface area (Å²) in [6.07, 6.45) is 2.64. The highest BCUT2D eigenvalue weighted by molar-refractivity contribution is 5.27. The van der Waals surface area contributed by atoms with E-state index in [1.807, 2.05) is 0 Å². The van der Waals surface area contributed by atoms with Gasteiger partial charge < -0.3 is 15.0 Å². The van der Waals surface area contributed by atoms with Crippen molar-refractivity contribution in [1.29, 1.82) is 0 Å². The molecule has 3 nitrogen and oxygen atoms in total. The fourth-order valence-corrected chi connectivity index (χ4v) is 2.66. The number of hydrogen-bond acceptors (Lipinski definition) is 3. The van der Waals surface area contributed by atoms with Crippen LogP contribution in [0.4, 0.5) is 0 Å². The molecule has 0 saturated carbocycles. The molecule has 1 aromatic carbocycles. The van der Waals surface area contributed by atoms with E-state index in [0.717, 1.165) is 32.5 Å². The smallest absolute Gasteiger partial charge is 0.0561 e. The molecule has 2 unspecified atom stereocenters. The molecule has 0 bridgehead atoms. The minimum Gasteiger partial charge on any atom is -0.378 e. The van der Waals surface area contributed by atoms with Crippen LogP contribution in [0, 0.1) is 0 Å². The zero-order valence-corrected chi connectivity index (χ0v) is 12.4. The largest absolute Gasteiger partial charge is 0.378 e. The molecule has 106 valence electrons. The lowest BCUT2D eigenvalue weighted by atomic mass is 10.0. The summed E-state index contributed by atoms with van der Waals surface area (Å²) < 4.78 is 5.59. The van der Waals surface area contributed by atoms with Crippen LogP contribution in [0.15, 0.2) is 24.3 Å². The minimum atomic E-state index is 0.392. The summed E-state index contributed by atoms with van der Waals surface area (Å²) in [4.78, 5) is 2.22. The van der Waals surface area contributed by atoms with Crippen molar-refractivity contribution in [3.05, 3.63) is 35.4 Å². The summed E-state index contributed by atoms with van der Waals surface area (Å²) in [5, 5.41) is 3.68. The van der Waals surface area contributed by atoms with Gasteiger partial charge >= 0.3 is 0 Å². The summed E-state index contributed by atoms with van der Waals surface area (Å²) in [5.41, 5.74) is 2.83. The van der Waals surface area contributed by atoms with E-state index in [1.54, 1.807) is 0 Å². The molecule has 1 N–H and O–H groups in total. The highest BCUT2D eigenvalue weighted by Gasteiger charge is 2.18. The van der Waals surface area contributed by atoms with Crippen LogP contribution in [0.25, 0.3) is 0 Å². The Labute approximate surface area is 116 Å². The third-order valence-corrected chi connectivity index (χ3v) is 3.67. The van der Waals surface area contributed by atoms with Crippen LogP contribution in [0.1, 0.15) is 30.9 Å². The summed E-state index contributed by atoms with van der Waals surface area (Å²) in [5.74, 6) is 0. The summed E-state index contributed by atoms with van der Waals surface area (Å²) in [6.45, 7) is 5.01. The molecule has 1 fully saturated rings. The SMILES string of the molecule is CC1CC(NCc2ccccc2CN(C)C)CCO1. The maximum atomic E-state index is 5.59. The van der Waals surface area contributed by atoms with E-state index >= 15 is 0 Å². The van der Waals surface area contributed by atoms with Gasteiger partial charge in [0.15, 0.2) is 0 Å². The summed E-state index contributed by atoms with van der Waals surface area (Å²) in [7, 11) is 4.23. The molecule has 1 aliphatic rings. The van der Waals surface area contributed by atoms with Crippen LogP contribution in [-0.2, 0) is 17.8 Å². The van der Waals surface area contributed by atoms with Crippen LogP contribution in [0.2, 0.25) is 0 Å². The molecular weight excluding hydrogens is 236 g/mol. The lowest BCUT2D eigenvalue weighted by Gasteiger charge is -2.28. The van der Waals surface area contributed by atoms with Crippen molar-refractivity contribution in [2.75, 3.05) is 20.7 Å². The van der Waals surface area contributed by atoms with Gasteiger partial charge in [0.05, 0.1) is 6.10 Å². The van der Waals surface area contributed by atoms with E-state index in [1.165, 1.54) is 11.1 Å². The van der Waals surface area contributed by atoms with E-state index in [9.17, 15) is 0 Å². The molecule has 0 amide bonds. The first-order valence-corrected chi connectivity index (χ1v) is 7.21. The second-order valence-corrected chi connectivity index (χ2v) is 5.79. The molecule has 1 aliphatic heterocycles. The predicted molar refractivity (Wildman–Crippen MR) is 79.1 cm³/mol. The molecule has 0 aliphatic carbocycles. The van der Waals surface area contributed by atoms with Gasteiger partial charge in [0.2, 0.25) is 0 Å². The highest BCUT2D eigenvalue weighted by atomic mass is 16.5. The number of hydrogen-bond donors (Lipinski definition) is 1. The number of rotatable bonds is 5. The van der Waals surface area contributed by atoms with Gasteiger partial charge in [0.1, 0.15) is 0 Å². The Balaban J connectivity index is 1.91. The molecular formula is C16H26N2O. The Hall–Kier alpha value is -0.900. The standard InChI is InChI=1S/C16H26N2O/c1-13-10-16(8-9-19-13)17-11-14-6-4-5-7-15(14)12-18(2)3/h4-7,13,16-17H,8-12H2,1-3H3. The molecule has 19 heavy (non-hydrogen) atoms. The van der Waals surface area contributed by atoms with Gasteiger partial charge in [-0.25, -0.2) is 0 Å². The van der Waals surface area contributed by atoms with E-state index in [-0.39, 0.29) is 0 Å². The average Bonchev–Trinajstić information content (AvgIpc) is 2.37. The molecule has 1 heterocycles. The Morgan fingerprint density at radius 2 is 2.00 bits per heavy atom. The summed E-state index contributed by atoms with van der Waals surface area (Å²) >= 11 is 0. The molecule has 1 saturated heterocycles. The highest BCUT2D eigenvalue weighted by Crippen LogP contribution is 2.15. The third-order valence-electron chi connectivity index (χ3n) is 3.67. The van der Waals surface area contributed by atoms with Gasteiger partial charge in [-0.05, 0) is 45.0 Å². The van der Waals surface area contributed by atoms with Crippen molar-refractivity contribution in [1.82, 2.24) is 10.2 Å². The normalized spacial score (nSPS) is 23.8. The minimum absolute atomic E-state index is 0.392. The monoisotopic (exact) mass is 262 g/mol. The van der Waals surface area contributed by atoms with Crippen molar-refractivity contribution in [2.45, 2.75) is 45.0 Å². The van der Waals surface area contributed by atoms with Crippen LogP contribution in [0.3, 0.4) is 0 Å². The molecule has 0 aromatic heterocycles.